The van der Waals surface area contributed by atoms with Crippen molar-refractivity contribution in [3.05, 3.63) is 60.7 Å². The van der Waals surface area contributed by atoms with Gasteiger partial charge < -0.3 is 19.9 Å². The first-order valence-corrected chi connectivity index (χ1v) is 9.70. The van der Waals surface area contributed by atoms with Gasteiger partial charge in [-0.15, -0.1) is 0 Å². The lowest BCUT2D eigenvalue weighted by Gasteiger charge is -2.40. The number of pyridine rings is 2. The molecule has 0 spiro atoms. The van der Waals surface area contributed by atoms with E-state index in [1.807, 2.05) is 24.4 Å². The minimum absolute atomic E-state index is 0.227. The molecule has 154 valence electrons. The molecule has 1 aliphatic heterocycles. The molecule has 1 N–H and O–H groups in total. The Morgan fingerprint density at radius 3 is 2.63 bits per heavy atom. The van der Waals surface area contributed by atoms with Gasteiger partial charge in [0.2, 0.25) is 11.8 Å². The number of aromatic nitrogens is 4. The van der Waals surface area contributed by atoms with Crippen LogP contribution in [0, 0.1) is 0 Å². The molecule has 3 aromatic heterocycles. The molecule has 1 amide bonds. The maximum Gasteiger partial charge on any atom is 0.255 e. The molecule has 0 radical (unpaired) electrons. The van der Waals surface area contributed by atoms with Gasteiger partial charge in [-0.2, -0.15) is 0 Å². The van der Waals surface area contributed by atoms with Gasteiger partial charge in [-0.3, -0.25) is 4.79 Å². The Morgan fingerprint density at radius 1 is 1.10 bits per heavy atom. The number of nitrogens with zero attached hydrogens (tertiary/aromatic N) is 6. The minimum atomic E-state index is -0.274. The molecule has 1 atom stereocenters. The summed E-state index contributed by atoms with van der Waals surface area (Å²) < 4.78 is 5.06. The molecule has 1 fully saturated rings. The van der Waals surface area contributed by atoms with E-state index in [-0.39, 0.29) is 11.9 Å². The molecule has 9 nitrogen and oxygen atoms in total. The van der Waals surface area contributed by atoms with Crippen molar-refractivity contribution in [3.8, 4) is 5.88 Å². The lowest BCUT2D eigenvalue weighted by atomic mass is 10.2. The number of piperazine rings is 1. The molecular weight excluding hydrogens is 382 g/mol. The zero-order valence-electron chi connectivity index (χ0n) is 16.9. The van der Waals surface area contributed by atoms with E-state index in [2.05, 4.69) is 42.0 Å². The smallest absolute Gasteiger partial charge is 0.255 e. The van der Waals surface area contributed by atoms with E-state index in [4.69, 9.17) is 4.74 Å². The molecule has 0 saturated carbocycles. The number of nitrogens with one attached hydrogen (secondary N) is 1. The van der Waals surface area contributed by atoms with Crippen molar-refractivity contribution in [2.45, 2.75) is 13.0 Å². The van der Waals surface area contributed by atoms with E-state index >= 15 is 0 Å². The molecule has 0 bridgehead atoms. The predicted molar refractivity (Wildman–Crippen MR) is 114 cm³/mol. The molecule has 4 rings (SSSR count). The molecule has 30 heavy (non-hydrogen) atoms. The highest BCUT2D eigenvalue weighted by Crippen LogP contribution is 2.21. The van der Waals surface area contributed by atoms with Crippen LogP contribution in [0.5, 0.6) is 5.88 Å². The molecule has 0 unspecified atom stereocenters. The summed E-state index contributed by atoms with van der Waals surface area (Å²) in [5.74, 6) is 1.74. The summed E-state index contributed by atoms with van der Waals surface area (Å²) >= 11 is 0. The van der Waals surface area contributed by atoms with Crippen LogP contribution in [-0.2, 0) is 0 Å². The third kappa shape index (κ3) is 4.29. The van der Waals surface area contributed by atoms with Crippen molar-refractivity contribution in [1.82, 2.24) is 19.9 Å². The second-order valence-electron chi connectivity index (χ2n) is 6.99. The van der Waals surface area contributed by atoms with E-state index in [1.165, 1.54) is 13.3 Å². The highest BCUT2D eigenvalue weighted by atomic mass is 16.5. The Balaban J connectivity index is 1.39. The summed E-state index contributed by atoms with van der Waals surface area (Å²) in [4.78, 5) is 34.2. The summed E-state index contributed by atoms with van der Waals surface area (Å²) in [5.41, 5.74) is 0.976. The van der Waals surface area contributed by atoms with Gasteiger partial charge in [-0.1, -0.05) is 6.07 Å². The van der Waals surface area contributed by atoms with Gasteiger partial charge in [0.25, 0.3) is 5.91 Å². The van der Waals surface area contributed by atoms with Crippen LogP contribution < -0.4 is 19.9 Å². The van der Waals surface area contributed by atoms with Crippen molar-refractivity contribution >= 4 is 23.4 Å². The predicted octanol–water partition coefficient (Wildman–Crippen LogP) is 2.24. The third-order valence-corrected chi connectivity index (χ3v) is 4.96. The van der Waals surface area contributed by atoms with Gasteiger partial charge in [0.1, 0.15) is 5.82 Å². The second kappa shape index (κ2) is 8.73. The maximum atomic E-state index is 12.4. The zero-order chi connectivity index (χ0) is 20.9. The van der Waals surface area contributed by atoms with E-state index in [0.29, 0.717) is 23.1 Å². The summed E-state index contributed by atoms with van der Waals surface area (Å²) in [6, 6.07) is 9.36. The standard InChI is InChI=1S/C21H23N7O2/c1-15-14-27(18-5-3-4-7-22-18)9-10-28(15)21-24-12-17(13-25-21)26-20(29)16-6-8-23-19(11-16)30-2/h3-8,11-13,15H,9-10,14H2,1-2H3,(H,26,29)/t15-/m0/s1. The lowest BCUT2D eigenvalue weighted by molar-refractivity contribution is 0.102. The molecule has 3 aromatic rings. The van der Waals surface area contributed by atoms with Gasteiger partial charge in [-0.25, -0.2) is 19.9 Å². The third-order valence-electron chi connectivity index (χ3n) is 4.96. The number of ether oxygens (including phenoxy) is 1. The van der Waals surface area contributed by atoms with Gasteiger partial charge >= 0.3 is 0 Å². The maximum absolute atomic E-state index is 12.4. The van der Waals surface area contributed by atoms with Gasteiger partial charge in [0, 0.05) is 49.7 Å². The van der Waals surface area contributed by atoms with Crippen LogP contribution in [0.4, 0.5) is 17.5 Å². The second-order valence-corrected chi connectivity index (χ2v) is 6.99. The molecule has 9 heteroatoms. The fraction of sp³-hybridized carbons (Fsp3) is 0.286. The Labute approximate surface area is 174 Å². The zero-order valence-corrected chi connectivity index (χ0v) is 16.9. The van der Waals surface area contributed by atoms with Crippen LogP contribution in [-0.4, -0.2) is 58.6 Å². The number of methoxy groups -OCH3 is 1. The number of anilines is 3. The Bertz CT molecular complexity index is 998. The Hall–Kier alpha value is -3.75. The number of carbonyl (C=O) groups is 1. The summed E-state index contributed by atoms with van der Waals surface area (Å²) in [6.07, 6.45) is 6.58. The van der Waals surface area contributed by atoms with Crippen LogP contribution >= 0.6 is 0 Å². The Morgan fingerprint density at radius 2 is 1.93 bits per heavy atom. The highest BCUT2D eigenvalue weighted by Gasteiger charge is 2.26. The first-order chi connectivity index (χ1) is 14.6. The fourth-order valence-corrected chi connectivity index (χ4v) is 3.40. The SMILES string of the molecule is COc1cc(C(=O)Nc2cnc(N3CCN(c4ccccn4)C[C@@H]3C)nc2)ccn1. The van der Waals surface area contributed by atoms with Crippen molar-refractivity contribution in [3.63, 3.8) is 0 Å². The number of carbonyl (C=O) groups excluding carboxylic acids is 1. The molecule has 1 saturated heterocycles. The number of amides is 1. The average Bonchev–Trinajstić information content (AvgIpc) is 2.80. The quantitative estimate of drug-likeness (QED) is 0.690. The highest BCUT2D eigenvalue weighted by molar-refractivity contribution is 6.04. The molecule has 4 heterocycles. The number of hydrogen-bond acceptors (Lipinski definition) is 8. The van der Waals surface area contributed by atoms with Crippen LogP contribution in [0.2, 0.25) is 0 Å². The van der Waals surface area contributed by atoms with Crippen molar-refractivity contribution in [2.75, 3.05) is 41.9 Å². The van der Waals surface area contributed by atoms with Gasteiger partial charge in [0.15, 0.2) is 0 Å². The van der Waals surface area contributed by atoms with E-state index in [1.54, 1.807) is 24.5 Å². The summed E-state index contributed by atoms with van der Waals surface area (Å²) in [6.45, 7) is 4.61. The normalized spacial score (nSPS) is 16.3. The van der Waals surface area contributed by atoms with E-state index < -0.39 is 0 Å². The van der Waals surface area contributed by atoms with Crippen molar-refractivity contribution in [1.29, 1.82) is 0 Å². The van der Waals surface area contributed by atoms with Crippen molar-refractivity contribution in [2.24, 2.45) is 0 Å². The molecule has 0 aromatic carbocycles. The summed E-state index contributed by atoms with van der Waals surface area (Å²) in [7, 11) is 1.51. The topological polar surface area (TPSA) is 96.4 Å². The van der Waals surface area contributed by atoms with Gasteiger partial charge in [-0.05, 0) is 25.1 Å². The number of rotatable bonds is 5. The fourth-order valence-electron chi connectivity index (χ4n) is 3.40. The Kier molecular flexibility index (Phi) is 5.69. The van der Waals surface area contributed by atoms with Crippen LogP contribution in [0.1, 0.15) is 17.3 Å². The van der Waals surface area contributed by atoms with Crippen LogP contribution in [0.3, 0.4) is 0 Å². The first kappa shape index (κ1) is 19.6. The van der Waals surface area contributed by atoms with Crippen LogP contribution in [0.25, 0.3) is 0 Å². The monoisotopic (exact) mass is 405 g/mol. The van der Waals surface area contributed by atoms with E-state index in [0.717, 1.165) is 25.5 Å². The molecule has 1 aliphatic rings. The lowest BCUT2D eigenvalue weighted by Crippen LogP contribution is -2.53. The summed E-state index contributed by atoms with van der Waals surface area (Å²) in [5, 5.41) is 2.80. The first-order valence-electron chi connectivity index (χ1n) is 9.70. The number of hydrogen-bond donors (Lipinski definition) is 1. The largest absolute Gasteiger partial charge is 0.481 e. The molecular formula is C21H23N7O2. The minimum Gasteiger partial charge on any atom is -0.481 e. The molecule has 0 aliphatic carbocycles. The van der Waals surface area contributed by atoms with Gasteiger partial charge in [0.05, 0.1) is 25.2 Å². The van der Waals surface area contributed by atoms with E-state index in [9.17, 15) is 4.79 Å². The average molecular weight is 405 g/mol. The van der Waals surface area contributed by atoms with Crippen LogP contribution in [0.15, 0.2) is 55.1 Å². The van der Waals surface area contributed by atoms with Crippen molar-refractivity contribution < 1.29 is 9.53 Å².